The van der Waals surface area contributed by atoms with Crippen LogP contribution in [0.3, 0.4) is 0 Å². The molecule has 0 amide bonds. The molecule has 45 heavy (non-hydrogen) atoms. The van der Waals surface area contributed by atoms with Crippen molar-refractivity contribution >= 4 is 18.3 Å². The molecule has 1 fully saturated rings. The predicted molar refractivity (Wildman–Crippen MR) is 172 cm³/mol. The lowest BCUT2D eigenvalue weighted by Gasteiger charge is -2.37. The molecule has 0 spiro atoms. The van der Waals surface area contributed by atoms with Crippen LogP contribution in [0.1, 0.15) is 22.9 Å². The predicted octanol–water partition coefficient (Wildman–Crippen LogP) is 3.79. The fourth-order valence-electron chi connectivity index (χ4n) is 5.58. The average molecular weight is 655 g/mol. The summed E-state index contributed by atoms with van der Waals surface area (Å²) in [6, 6.07) is 26.1. The van der Waals surface area contributed by atoms with Gasteiger partial charge in [-0.2, -0.15) is 0 Å². The first-order valence-electron chi connectivity index (χ1n) is 14.1. The number of benzene rings is 3. The number of nitrogens with one attached hydrogen (secondary N) is 1. The molecule has 0 bridgehead atoms. The zero-order valence-electron chi connectivity index (χ0n) is 25.2. The highest BCUT2D eigenvalue weighted by Crippen LogP contribution is 2.47. The highest BCUT2D eigenvalue weighted by atomic mass is 32.5. The van der Waals surface area contributed by atoms with Gasteiger partial charge >= 0.3 is 5.69 Å². The summed E-state index contributed by atoms with van der Waals surface area (Å²) in [4.78, 5) is 37.4. The first kappa shape index (κ1) is 32.8. The minimum atomic E-state index is -3.25. The highest BCUT2D eigenvalue weighted by molar-refractivity contribution is 8.09. The molecule has 0 saturated carbocycles. The standard InChI is InChI=1S/C32H35N2O9PS/c1-38-24-14-10-22(11-15-24)32(21-8-6-5-7-9-21,23-12-16-25(39-2)17-13-23)41-20-26-28(43-44(4,37)45)29(40-3)30(42-26)34-19-18-27(35)33-31(34)36/h5-19,26,28-30H,20H2,1-4H3,(H,37,45)(H,33,35,36)/t26-,28-,29-,30-,44?/m1/s1. The molecule has 1 aliphatic rings. The lowest BCUT2D eigenvalue weighted by Crippen LogP contribution is -2.41. The van der Waals surface area contributed by atoms with Gasteiger partial charge in [-0.25, -0.2) is 4.79 Å². The number of hydrogen-bond acceptors (Lipinski definition) is 9. The third-order valence-corrected chi connectivity index (χ3v) is 8.53. The molecule has 2 heterocycles. The Balaban J connectivity index is 1.62. The number of aromatic amines is 1. The molecule has 4 aromatic rings. The number of methoxy groups -OCH3 is 3. The molecule has 3 aromatic carbocycles. The first-order chi connectivity index (χ1) is 21.6. The molecule has 1 unspecified atom stereocenters. The summed E-state index contributed by atoms with van der Waals surface area (Å²) in [6.45, 7) is -1.91. The second kappa shape index (κ2) is 13.8. The van der Waals surface area contributed by atoms with Crippen LogP contribution >= 0.6 is 6.49 Å². The van der Waals surface area contributed by atoms with Crippen molar-refractivity contribution in [2.24, 2.45) is 0 Å². The van der Waals surface area contributed by atoms with Crippen molar-refractivity contribution < 1.29 is 33.1 Å². The molecule has 1 saturated heterocycles. The van der Waals surface area contributed by atoms with Gasteiger partial charge in [-0.05, 0) is 52.8 Å². The van der Waals surface area contributed by atoms with Gasteiger partial charge in [0.25, 0.3) is 5.56 Å². The smallest absolute Gasteiger partial charge is 0.330 e. The van der Waals surface area contributed by atoms with Crippen molar-refractivity contribution in [2.75, 3.05) is 34.6 Å². The first-order valence-corrected chi connectivity index (χ1v) is 17.2. The number of ether oxygens (including phenoxy) is 5. The van der Waals surface area contributed by atoms with E-state index in [2.05, 4.69) is 4.98 Å². The molecular weight excluding hydrogens is 619 g/mol. The summed E-state index contributed by atoms with van der Waals surface area (Å²) in [6.07, 6.45) is -2.38. The van der Waals surface area contributed by atoms with Crippen molar-refractivity contribution in [3.8, 4) is 11.5 Å². The van der Waals surface area contributed by atoms with Crippen LogP contribution in [0.2, 0.25) is 0 Å². The molecule has 11 nitrogen and oxygen atoms in total. The van der Waals surface area contributed by atoms with Crippen LogP contribution in [-0.4, -0.2) is 67.4 Å². The lowest BCUT2D eigenvalue weighted by molar-refractivity contribution is -0.0953. The largest absolute Gasteiger partial charge is 0.497 e. The van der Waals surface area contributed by atoms with Crippen LogP contribution in [0.5, 0.6) is 11.5 Å². The van der Waals surface area contributed by atoms with Gasteiger partial charge in [0.05, 0.1) is 20.8 Å². The van der Waals surface area contributed by atoms with Gasteiger partial charge in [0.2, 0.25) is 0 Å². The van der Waals surface area contributed by atoms with Crippen molar-refractivity contribution in [1.29, 1.82) is 0 Å². The summed E-state index contributed by atoms with van der Waals surface area (Å²) in [5.41, 5.74) is 0.0146. The van der Waals surface area contributed by atoms with Crippen molar-refractivity contribution in [2.45, 2.75) is 30.1 Å². The second-order valence-corrected chi connectivity index (χ2v) is 14.3. The van der Waals surface area contributed by atoms with Crippen LogP contribution in [0, 0.1) is 0 Å². The van der Waals surface area contributed by atoms with Gasteiger partial charge in [-0.15, -0.1) is 0 Å². The fraction of sp³-hybridized carbons (Fsp3) is 0.312. The fourth-order valence-corrected chi connectivity index (χ4v) is 6.58. The third-order valence-electron chi connectivity index (χ3n) is 7.64. The van der Waals surface area contributed by atoms with E-state index >= 15 is 0 Å². The Morgan fingerprint density at radius 1 is 0.867 bits per heavy atom. The molecule has 1 aromatic heterocycles. The summed E-state index contributed by atoms with van der Waals surface area (Å²) < 4.78 is 37.2. The van der Waals surface area contributed by atoms with Crippen LogP contribution in [0.25, 0.3) is 0 Å². The summed E-state index contributed by atoms with van der Waals surface area (Å²) in [5, 5.41) is 0. The number of nitrogens with zero attached hydrogens (tertiary/aromatic N) is 1. The molecule has 238 valence electrons. The highest BCUT2D eigenvalue weighted by Gasteiger charge is 2.50. The maximum absolute atomic E-state index is 12.8. The normalized spacial score (nSPS) is 21.3. The molecule has 13 heteroatoms. The van der Waals surface area contributed by atoms with Crippen molar-refractivity contribution in [1.82, 2.24) is 9.55 Å². The molecule has 0 radical (unpaired) electrons. The maximum atomic E-state index is 12.8. The van der Waals surface area contributed by atoms with Gasteiger partial charge in [0, 0.05) is 26.0 Å². The molecule has 0 aliphatic carbocycles. The van der Waals surface area contributed by atoms with Gasteiger partial charge < -0.3 is 33.1 Å². The monoisotopic (exact) mass is 654 g/mol. The van der Waals surface area contributed by atoms with Gasteiger partial charge in [0.15, 0.2) is 12.7 Å². The van der Waals surface area contributed by atoms with Gasteiger partial charge in [-0.1, -0.05) is 54.6 Å². The lowest BCUT2D eigenvalue weighted by atomic mass is 9.80. The average Bonchev–Trinajstić information content (AvgIpc) is 3.37. The summed E-state index contributed by atoms with van der Waals surface area (Å²) >= 11 is 5.26. The number of H-pyrrole nitrogens is 1. The summed E-state index contributed by atoms with van der Waals surface area (Å²) in [7, 11) is 4.64. The van der Waals surface area contributed by atoms with E-state index in [1.807, 2.05) is 78.9 Å². The van der Waals surface area contributed by atoms with Crippen molar-refractivity contribution in [3.63, 3.8) is 0 Å². The zero-order valence-corrected chi connectivity index (χ0v) is 26.9. The van der Waals surface area contributed by atoms with Gasteiger partial charge in [0.1, 0.15) is 35.4 Å². The quantitative estimate of drug-likeness (QED) is 0.172. The number of rotatable bonds is 12. The number of aromatic nitrogens is 2. The molecule has 1 aliphatic heterocycles. The van der Waals surface area contributed by atoms with E-state index in [4.69, 9.17) is 40.0 Å². The van der Waals surface area contributed by atoms with Crippen molar-refractivity contribution in [3.05, 3.63) is 129 Å². The maximum Gasteiger partial charge on any atom is 0.330 e. The Morgan fingerprint density at radius 3 is 1.91 bits per heavy atom. The van der Waals surface area contributed by atoms with Crippen LogP contribution in [-0.2, 0) is 36.1 Å². The minimum absolute atomic E-state index is 0.0819. The third kappa shape index (κ3) is 6.97. The van der Waals surface area contributed by atoms with E-state index in [9.17, 15) is 14.5 Å². The topological polar surface area (TPSA) is 130 Å². The van der Waals surface area contributed by atoms with E-state index in [0.29, 0.717) is 11.5 Å². The minimum Gasteiger partial charge on any atom is -0.497 e. The van der Waals surface area contributed by atoms with Gasteiger partial charge in [-0.3, -0.25) is 14.3 Å². The van der Waals surface area contributed by atoms with Crippen LogP contribution in [0.15, 0.2) is 101 Å². The van der Waals surface area contributed by atoms with Crippen LogP contribution in [0.4, 0.5) is 0 Å². The van der Waals surface area contributed by atoms with E-state index in [1.165, 1.54) is 30.6 Å². The molecule has 5 rings (SSSR count). The van der Waals surface area contributed by atoms with E-state index in [1.54, 1.807) is 14.2 Å². The summed E-state index contributed by atoms with van der Waals surface area (Å²) in [5.74, 6) is 1.36. The Morgan fingerprint density at radius 2 is 1.42 bits per heavy atom. The zero-order chi connectivity index (χ0) is 32.2. The van der Waals surface area contributed by atoms with Crippen LogP contribution < -0.4 is 20.7 Å². The Labute approximate surface area is 265 Å². The van der Waals surface area contributed by atoms with E-state index < -0.39 is 47.9 Å². The van der Waals surface area contributed by atoms with E-state index in [-0.39, 0.29) is 6.61 Å². The SMILES string of the molecule is COc1ccc(C(OC[C@H]2O[C@@H](n3ccc(=O)[nH]c3=O)[C@H](OC)[C@@H]2OP(C)(O)=S)(c2ccccc2)c2ccc(OC)cc2)cc1. The Bertz CT molecular complexity index is 1690. The Kier molecular flexibility index (Phi) is 10.0. The Hall–Kier alpha value is -3.61. The van der Waals surface area contributed by atoms with E-state index in [0.717, 1.165) is 16.7 Å². The number of hydrogen-bond donors (Lipinski definition) is 2. The molecule has 5 atom stereocenters. The second-order valence-electron chi connectivity index (χ2n) is 10.5. The molecule has 2 N–H and O–H groups in total. The molecular formula is C32H35N2O9PS.